The van der Waals surface area contributed by atoms with Gasteiger partial charge in [0.1, 0.15) is 6.61 Å². The molecule has 2 aromatic rings. The minimum Gasteiger partial charge on any atom is -0.493 e. The molecule has 0 saturated carbocycles. The largest absolute Gasteiger partial charge is 0.493 e. The third-order valence-electron chi connectivity index (χ3n) is 4.27. The van der Waals surface area contributed by atoms with Gasteiger partial charge in [-0.2, -0.15) is 0 Å². The predicted octanol–water partition coefficient (Wildman–Crippen LogP) is 5.01. The van der Waals surface area contributed by atoms with Gasteiger partial charge in [-0.05, 0) is 75.8 Å². The van der Waals surface area contributed by atoms with Gasteiger partial charge in [-0.25, -0.2) is 0 Å². The first-order chi connectivity index (χ1) is 14.8. The van der Waals surface area contributed by atoms with E-state index in [4.69, 9.17) is 9.47 Å². The Bertz CT molecular complexity index is 1080. The molecule has 2 aromatic carbocycles. The average Bonchev–Trinajstić information content (AvgIpc) is 3.00. The van der Waals surface area contributed by atoms with Crippen molar-refractivity contribution in [3.05, 3.63) is 78.8 Å². The third kappa shape index (κ3) is 5.25. The number of carbonyl (C=O) groups excluding carboxylic acids is 2. The van der Waals surface area contributed by atoms with Crippen molar-refractivity contribution in [2.24, 2.45) is 0 Å². The normalized spacial score (nSPS) is 14.8. The molecule has 160 valence electrons. The first-order valence-corrected chi connectivity index (χ1v) is 10.8. The first-order valence-electron chi connectivity index (χ1n) is 8.94. The minimum absolute atomic E-state index is 0.0118. The predicted molar refractivity (Wildman–Crippen MR) is 126 cm³/mol. The minimum atomic E-state index is -0.457. The summed E-state index contributed by atoms with van der Waals surface area (Å²) < 4.78 is 12.1. The number of nitrogens with zero attached hydrogens (tertiary/aromatic N) is 2. The van der Waals surface area contributed by atoms with Gasteiger partial charge in [-0.15, -0.1) is 6.58 Å². The molecule has 0 aliphatic carbocycles. The van der Waals surface area contributed by atoms with Gasteiger partial charge < -0.3 is 9.47 Å². The summed E-state index contributed by atoms with van der Waals surface area (Å²) in [6, 6.07) is 9.63. The maximum absolute atomic E-state index is 12.4. The Morgan fingerprint density at radius 1 is 1.26 bits per heavy atom. The van der Waals surface area contributed by atoms with Crippen LogP contribution < -0.4 is 9.47 Å². The van der Waals surface area contributed by atoms with Crippen molar-refractivity contribution in [2.75, 3.05) is 13.7 Å². The Kier molecular flexibility index (Phi) is 7.33. The van der Waals surface area contributed by atoms with E-state index in [1.165, 1.54) is 25.3 Å². The molecule has 8 nitrogen and oxygen atoms in total. The summed E-state index contributed by atoms with van der Waals surface area (Å²) in [5.74, 6) is 0.617. The number of carbonyl (C=O) groups is 2. The standard InChI is InChI=1S/C21H17IN2O6S/c1-3-8-23-20(25)18(31-21(23)26)11-14-9-16(22)19(17(10-14)29-2)30-12-13-4-6-15(7-5-13)24(27)28/h3-7,9-11H,1,8,12H2,2H3/b18-11+. The maximum Gasteiger partial charge on any atom is 0.293 e. The molecule has 0 aromatic heterocycles. The van der Waals surface area contributed by atoms with Crippen LogP contribution in [0.4, 0.5) is 10.5 Å². The van der Waals surface area contributed by atoms with Gasteiger partial charge in [0.25, 0.3) is 16.8 Å². The highest BCUT2D eigenvalue weighted by atomic mass is 127. The lowest BCUT2D eigenvalue weighted by Gasteiger charge is -2.14. The fourth-order valence-corrected chi connectivity index (χ4v) is 4.40. The number of amides is 2. The highest BCUT2D eigenvalue weighted by molar-refractivity contribution is 14.1. The molecule has 1 aliphatic heterocycles. The van der Waals surface area contributed by atoms with Crippen LogP contribution in [0.3, 0.4) is 0 Å². The summed E-state index contributed by atoms with van der Waals surface area (Å²) in [6.45, 7) is 3.92. The number of benzene rings is 2. The Morgan fingerprint density at radius 2 is 1.97 bits per heavy atom. The van der Waals surface area contributed by atoms with Crippen molar-refractivity contribution in [1.29, 1.82) is 0 Å². The summed E-state index contributed by atoms with van der Waals surface area (Å²) in [7, 11) is 1.51. The number of halogens is 1. The molecule has 0 unspecified atom stereocenters. The second-order valence-electron chi connectivity index (χ2n) is 6.33. The average molecular weight is 552 g/mol. The van der Waals surface area contributed by atoms with Crippen molar-refractivity contribution in [2.45, 2.75) is 6.61 Å². The lowest BCUT2D eigenvalue weighted by atomic mass is 10.1. The molecule has 0 bridgehead atoms. The van der Waals surface area contributed by atoms with E-state index >= 15 is 0 Å². The van der Waals surface area contributed by atoms with Gasteiger partial charge in [0.05, 0.1) is 20.5 Å². The molecule has 31 heavy (non-hydrogen) atoms. The smallest absolute Gasteiger partial charge is 0.293 e. The van der Waals surface area contributed by atoms with Crippen LogP contribution in [-0.2, 0) is 11.4 Å². The fourth-order valence-electron chi connectivity index (χ4n) is 2.77. The lowest BCUT2D eigenvalue weighted by Crippen LogP contribution is -2.27. The Balaban J connectivity index is 1.80. The first kappa shape index (κ1) is 22.8. The summed E-state index contributed by atoms with van der Waals surface area (Å²) >= 11 is 2.98. The number of nitro groups is 1. The van der Waals surface area contributed by atoms with Gasteiger partial charge in [0, 0.05) is 18.7 Å². The van der Waals surface area contributed by atoms with Crippen LogP contribution in [0.2, 0.25) is 0 Å². The fraction of sp³-hybridized carbons (Fsp3) is 0.143. The number of hydrogen-bond acceptors (Lipinski definition) is 7. The van der Waals surface area contributed by atoms with Gasteiger partial charge in [-0.3, -0.25) is 24.6 Å². The molecule has 2 amide bonds. The van der Waals surface area contributed by atoms with Crippen molar-refractivity contribution in [1.82, 2.24) is 4.90 Å². The quantitative estimate of drug-likeness (QED) is 0.149. The van der Waals surface area contributed by atoms with E-state index in [1.54, 1.807) is 24.3 Å². The molecule has 0 spiro atoms. The number of methoxy groups -OCH3 is 1. The summed E-state index contributed by atoms with van der Waals surface area (Å²) in [5.41, 5.74) is 1.47. The zero-order valence-corrected chi connectivity index (χ0v) is 19.3. The number of imide groups is 1. The monoisotopic (exact) mass is 552 g/mol. The molecule has 0 atom stereocenters. The molecule has 1 fully saturated rings. The SMILES string of the molecule is C=CCN1C(=O)S/C(=C/c2cc(I)c(OCc3ccc([N+](=O)[O-])cc3)c(OC)c2)C1=O. The highest BCUT2D eigenvalue weighted by Crippen LogP contribution is 2.37. The summed E-state index contributed by atoms with van der Waals surface area (Å²) in [4.78, 5) is 36.2. The third-order valence-corrected chi connectivity index (χ3v) is 5.97. The second kappa shape index (κ2) is 9.96. The van der Waals surface area contributed by atoms with Gasteiger partial charge >= 0.3 is 0 Å². The number of rotatable bonds is 8. The highest BCUT2D eigenvalue weighted by Gasteiger charge is 2.34. The van der Waals surface area contributed by atoms with E-state index < -0.39 is 4.92 Å². The molecule has 10 heteroatoms. The van der Waals surface area contributed by atoms with Crippen LogP contribution in [0, 0.1) is 13.7 Å². The van der Waals surface area contributed by atoms with E-state index in [-0.39, 0.29) is 30.0 Å². The van der Waals surface area contributed by atoms with E-state index in [2.05, 4.69) is 29.2 Å². The molecule has 1 saturated heterocycles. The molecule has 1 heterocycles. The number of thioether (sulfide) groups is 1. The number of non-ortho nitro benzene ring substituents is 1. The van der Waals surface area contributed by atoms with Crippen molar-refractivity contribution in [3.63, 3.8) is 0 Å². The van der Waals surface area contributed by atoms with Gasteiger partial charge in [0.15, 0.2) is 11.5 Å². The zero-order chi connectivity index (χ0) is 22.5. The van der Waals surface area contributed by atoms with Crippen LogP contribution in [0.1, 0.15) is 11.1 Å². The van der Waals surface area contributed by atoms with Crippen molar-refractivity contribution >= 4 is 57.3 Å². The summed E-state index contributed by atoms with van der Waals surface area (Å²) in [5, 5.41) is 10.4. The molecule has 0 radical (unpaired) electrons. The maximum atomic E-state index is 12.4. The van der Waals surface area contributed by atoms with Crippen LogP contribution in [0.5, 0.6) is 11.5 Å². The van der Waals surface area contributed by atoms with Crippen LogP contribution in [0.25, 0.3) is 6.08 Å². The lowest BCUT2D eigenvalue weighted by molar-refractivity contribution is -0.384. The van der Waals surface area contributed by atoms with Gasteiger partial charge in [-0.1, -0.05) is 6.08 Å². The van der Waals surface area contributed by atoms with E-state index in [9.17, 15) is 19.7 Å². The molecular weight excluding hydrogens is 535 g/mol. The molecule has 0 N–H and O–H groups in total. The van der Waals surface area contributed by atoms with E-state index in [0.29, 0.717) is 22.0 Å². The van der Waals surface area contributed by atoms with Crippen LogP contribution >= 0.6 is 34.4 Å². The molecule has 1 aliphatic rings. The summed E-state index contributed by atoms with van der Waals surface area (Å²) in [6.07, 6.45) is 3.14. The number of nitro benzene ring substituents is 1. The van der Waals surface area contributed by atoms with Gasteiger partial charge in [0.2, 0.25) is 0 Å². The van der Waals surface area contributed by atoms with Crippen LogP contribution in [-0.4, -0.2) is 34.6 Å². The molecule has 3 rings (SSSR count). The Labute approximate surface area is 196 Å². The van der Waals surface area contributed by atoms with Crippen LogP contribution in [0.15, 0.2) is 54.0 Å². The van der Waals surface area contributed by atoms with Crippen molar-refractivity contribution < 1.29 is 24.0 Å². The Hall–Kier alpha value is -2.86. The number of ether oxygens (including phenoxy) is 2. The molecular formula is C21H17IN2O6S. The Morgan fingerprint density at radius 3 is 2.58 bits per heavy atom. The second-order valence-corrected chi connectivity index (χ2v) is 8.48. The van der Waals surface area contributed by atoms with Crippen molar-refractivity contribution in [3.8, 4) is 11.5 Å². The number of hydrogen-bond donors (Lipinski definition) is 0. The van der Waals surface area contributed by atoms with E-state index in [1.807, 2.05) is 6.07 Å². The zero-order valence-electron chi connectivity index (χ0n) is 16.4. The topological polar surface area (TPSA) is 99.0 Å². The van der Waals surface area contributed by atoms with E-state index in [0.717, 1.165) is 25.8 Å².